The molecule has 0 atom stereocenters. The molecule has 1 fully saturated rings. The molecule has 1 heterocycles. The highest BCUT2D eigenvalue weighted by atomic mass is 35.5. The Labute approximate surface area is 165 Å². The molecule has 0 aliphatic carbocycles. The van der Waals surface area contributed by atoms with Gasteiger partial charge in [0.2, 0.25) is 20.0 Å². The fourth-order valence-corrected chi connectivity index (χ4v) is 6.08. The Hall–Kier alpha value is -0.420. The lowest BCUT2D eigenvalue weighted by atomic mass is 10.3. The first-order chi connectivity index (χ1) is 12.1. The number of benzene rings is 1. The fourth-order valence-electron chi connectivity index (χ4n) is 2.70. The summed E-state index contributed by atoms with van der Waals surface area (Å²) in [6, 6.07) is 4.60. The predicted octanol–water partition coefficient (Wildman–Crippen LogP) is 1.58. The second-order valence-electron chi connectivity index (χ2n) is 6.25. The Morgan fingerprint density at radius 2 is 1.54 bits per heavy atom. The summed E-state index contributed by atoms with van der Waals surface area (Å²) in [7, 11) is -3.94. The molecule has 0 spiro atoms. The molecule has 0 unspecified atom stereocenters. The minimum Gasteiger partial charge on any atom is -0.301 e. The van der Waals surface area contributed by atoms with E-state index < -0.39 is 20.0 Å². The van der Waals surface area contributed by atoms with E-state index in [0.29, 0.717) is 39.1 Å². The highest BCUT2D eigenvalue weighted by Gasteiger charge is 2.31. The molecule has 2 rings (SSSR count). The summed E-state index contributed by atoms with van der Waals surface area (Å²) in [4.78, 5) is 2.00. The topological polar surface area (TPSA) is 78.0 Å². The summed E-state index contributed by atoms with van der Waals surface area (Å²) in [6.07, 6.45) is 0.504. The van der Waals surface area contributed by atoms with E-state index in [-0.39, 0.29) is 20.7 Å². The molecule has 0 saturated carbocycles. The molecule has 1 aliphatic rings. The van der Waals surface area contributed by atoms with Crippen LogP contribution in [0.4, 0.5) is 0 Å². The molecule has 26 heavy (non-hydrogen) atoms. The van der Waals surface area contributed by atoms with Crippen LogP contribution in [0.2, 0.25) is 10.0 Å². The van der Waals surface area contributed by atoms with Crippen LogP contribution in [0.15, 0.2) is 23.1 Å². The predicted molar refractivity (Wildman–Crippen MR) is 104 cm³/mol. The average molecular weight is 444 g/mol. The zero-order valence-corrected chi connectivity index (χ0v) is 17.9. The van der Waals surface area contributed by atoms with Crippen LogP contribution in [0.3, 0.4) is 0 Å². The Balaban J connectivity index is 1.94. The standard InChI is InChI=1S/C15H23Cl2N3O4S2/c1-18(2)25(21,22)12-4-7-19-8-10-20(11-9-19)26(23,24)15-13(16)5-3-6-14(15)17/h3,5-6H,4,7-12H2,1-2H3. The van der Waals surface area contributed by atoms with Crippen molar-refractivity contribution in [3.05, 3.63) is 28.2 Å². The lowest BCUT2D eigenvalue weighted by Crippen LogP contribution is -2.49. The molecule has 1 saturated heterocycles. The van der Waals surface area contributed by atoms with Crippen LogP contribution < -0.4 is 0 Å². The van der Waals surface area contributed by atoms with Crippen molar-refractivity contribution in [3.8, 4) is 0 Å². The maximum absolute atomic E-state index is 12.8. The van der Waals surface area contributed by atoms with Crippen LogP contribution in [-0.4, -0.2) is 82.9 Å². The third-order valence-electron chi connectivity index (χ3n) is 4.28. The number of sulfonamides is 2. The van der Waals surface area contributed by atoms with E-state index in [1.807, 2.05) is 0 Å². The maximum atomic E-state index is 12.8. The molecule has 1 aliphatic heterocycles. The zero-order valence-electron chi connectivity index (χ0n) is 14.7. The van der Waals surface area contributed by atoms with E-state index in [2.05, 4.69) is 4.90 Å². The third-order valence-corrected chi connectivity index (χ3v) is 9.05. The van der Waals surface area contributed by atoms with Gasteiger partial charge in [0.25, 0.3) is 0 Å². The Morgan fingerprint density at radius 1 is 1.00 bits per heavy atom. The van der Waals surface area contributed by atoms with Crippen molar-refractivity contribution in [1.29, 1.82) is 0 Å². The van der Waals surface area contributed by atoms with Gasteiger partial charge in [-0.25, -0.2) is 21.1 Å². The quantitative estimate of drug-likeness (QED) is 0.638. The Kier molecular flexibility index (Phi) is 7.34. The van der Waals surface area contributed by atoms with Crippen molar-refractivity contribution in [2.24, 2.45) is 0 Å². The van der Waals surface area contributed by atoms with Gasteiger partial charge in [0.15, 0.2) is 0 Å². The van der Waals surface area contributed by atoms with Crippen molar-refractivity contribution in [1.82, 2.24) is 13.5 Å². The van der Waals surface area contributed by atoms with Gasteiger partial charge < -0.3 is 4.90 Å². The van der Waals surface area contributed by atoms with E-state index in [1.165, 1.54) is 34.8 Å². The molecule has 0 radical (unpaired) electrons. The van der Waals surface area contributed by atoms with Gasteiger partial charge in [-0.3, -0.25) is 0 Å². The third kappa shape index (κ3) is 5.09. The number of nitrogens with zero attached hydrogens (tertiary/aromatic N) is 3. The minimum atomic E-state index is -3.76. The molecular weight excluding hydrogens is 421 g/mol. The smallest absolute Gasteiger partial charge is 0.246 e. The fraction of sp³-hybridized carbons (Fsp3) is 0.600. The largest absolute Gasteiger partial charge is 0.301 e. The maximum Gasteiger partial charge on any atom is 0.246 e. The summed E-state index contributed by atoms with van der Waals surface area (Å²) in [5.41, 5.74) is 0. The van der Waals surface area contributed by atoms with Crippen LogP contribution in [0.1, 0.15) is 6.42 Å². The van der Waals surface area contributed by atoms with E-state index in [1.54, 1.807) is 6.07 Å². The van der Waals surface area contributed by atoms with Crippen molar-refractivity contribution in [2.45, 2.75) is 11.3 Å². The van der Waals surface area contributed by atoms with E-state index in [0.717, 1.165) is 0 Å². The SMILES string of the molecule is CN(C)S(=O)(=O)CCCN1CCN(S(=O)(=O)c2c(Cl)cccc2Cl)CC1. The van der Waals surface area contributed by atoms with Crippen molar-refractivity contribution >= 4 is 43.2 Å². The first kappa shape index (κ1) is 21.9. The highest BCUT2D eigenvalue weighted by Crippen LogP contribution is 2.31. The lowest BCUT2D eigenvalue weighted by molar-refractivity contribution is 0.189. The second kappa shape index (κ2) is 8.72. The average Bonchev–Trinajstić information content (AvgIpc) is 2.54. The van der Waals surface area contributed by atoms with E-state index >= 15 is 0 Å². The van der Waals surface area contributed by atoms with E-state index in [4.69, 9.17) is 23.2 Å². The van der Waals surface area contributed by atoms with Gasteiger partial charge in [-0.2, -0.15) is 4.31 Å². The number of rotatable bonds is 7. The monoisotopic (exact) mass is 443 g/mol. The van der Waals surface area contributed by atoms with Gasteiger partial charge in [-0.05, 0) is 25.1 Å². The number of hydrogen-bond donors (Lipinski definition) is 0. The van der Waals surface area contributed by atoms with Crippen LogP contribution in [0.25, 0.3) is 0 Å². The van der Waals surface area contributed by atoms with E-state index in [9.17, 15) is 16.8 Å². The minimum absolute atomic E-state index is 0.0612. The number of halogens is 2. The molecule has 1 aromatic carbocycles. The molecule has 148 valence electrons. The normalized spacial score (nSPS) is 17.7. The van der Waals surface area contributed by atoms with Gasteiger partial charge in [0, 0.05) is 40.3 Å². The Morgan fingerprint density at radius 3 is 2.04 bits per heavy atom. The zero-order chi connectivity index (χ0) is 19.5. The molecule has 11 heteroatoms. The van der Waals surface area contributed by atoms with Gasteiger partial charge in [0.1, 0.15) is 4.90 Å². The molecule has 7 nitrogen and oxygen atoms in total. The lowest BCUT2D eigenvalue weighted by Gasteiger charge is -2.34. The number of piperazine rings is 1. The summed E-state index contributed by atoms with van der Waals surface area (Å²) in [5.74, 6) is 0.0771. The Bertz CT molecular complexity index is 816. The molecule has 1 aromatic rings. The summed E-state index contributed by atoms with van der Waals surface area (Å²) in [5, 5.41) is 0.211. The highest BCUT2D eigenvalue weighted by molar-refractivity contribution is 7.89. The number of hydrogen-bond acceptors (Lipinski definition) is 5. The van der Waals surface area contributed by atoms with Crippen LogP contribution in [0.5, 0.6) is 0 Å². The summed E-state index contributed by atoms with van der Waals surface area (Å²) < 4.78 is 51.7. The van der Waals surface area contributed by atoms with Crippen molar-refractivity contribution < 1.29 is 16.8 Å². The first-order valence-electron chi connectivity index (χ1n) is 8.12. The summed E-state index contributed by atoms with van der Waals surface area (Å²) >= 11 is 12.1. The van der Waals surface area contributed by atoms with Gasteiger partial charge in [0.05, 0.1) is 15.8 Å². The van der Waals surface area contributed by atoms with Crippen molar-refractivity contribution in [2.75, 3.05) is 52.6 Å². The molecule has 0 bridgehead atoms. The molecule has 0 aromatic heterocycles. The molecule has 0 amide bonds. The molecular formula is C15H23Cl2N3O4S2. The van der Waals surface area contributed by atoms with Crippen LogP contribution >= 0.6 is 23.2 Å². The van der Waals surface area contributed by atoms with Crippen molar-refractivity contribution in [3.63, 3.8) is 0 Å². The van der Waals surface area contributed by atoms with Gasteiger partial charge >= 0.3 is 0 Å². The van der Waals surface area contributed by atoms with Gasteiger partial charge in [-0.15, -0.1) is 0 Å². The summed E-state index contributed by atoms with van der Waals surface area (Å²) in [6.45, 7) is 2.29. The first-order valence-corrected chi connectivity index (χ1v) is 11.9. The van der Waals surface area contributed by atoms with Crippen LogP contribution in [0, 0.1) is 0 Å². The van der Waals surface area contributed by atoms with Gasteiger partial charge in [-0.1, -0.05) is 29.3 Å². The second-order valence-corrected chi connectivity index (χ2v) is 11.2. The molecule has 0 N–H and O–H groups in total. The van der Waals surface area contributed by atoms with Crippen LogP contribution in [-0.2, 0) is 20.0 Å².